The third-order valence-electron chi connectivity index (χ3n) is 5.56. The van der Waals surface area contributed by atoms with Crippen molar-refractivity contribution in [1.29, 1.82) is 5.26 Å². The highest BCUT2D eigenvalue weighted by Gasteiger charge is 2.19. The number of fused-ring (bicyclic) bond motifs is 1. The summed E-state index contributed by atoms with van der Waals surface area (Å²) >= 11 is 2.37. The van der Waals surface area contributed by atoms with Gasteiger partial charge in [-0.15, -0.1) is 11.3 Å². The van der Waals surface area contributed by atoms with E-state index in [0.29, 0.717) is 5.01 Å². The number of nitrogens with zero attached hydrogens (tertiary/aromatic N) is 2. The van der Waals surface area contributed by atoms with Gasteiger partial charge < -0.3 is 10.6 Å². The molecule has 188 valence electrons. The quantitative estimate of drug-likeness (QED) is 0.227. The minimum absolute atomic E-state index is 0.0147. The average Bonchev–Trinajstić information content (AvgIpc) is 3.29. The summed E-state index contributed by atoms with van der Waals surface area (Å²) in [5.41, 5.74) is 3.61. The largest absolute Gasteiger partial charge is 0.347 e. The fraction of sp³-hybridized carbons (Fsp3) is 0.179. The summed E-state index contributed by atoms with van der Waals surface area (Å²) in [6.45, 7) is 6.04. The highest BCUT2D eigenvalue weighted by Crippen LogP contribution is 2.34. The van der Waals surface area contributed by atoms with Gasteiger partial charge in [-0.25, -0.2) is 13.8 Å². The first kappa shape index (κ1) is 26.3. The molecule has 9 heteroatoms. The Labute approximate surface area is 222 Å². The van der Waals surface area contributed by atoms with Gasteiger partial charge in [0.05, 0.1) is 26.7 Å². The van der Waals surface area contributed by atoms with Crippen LogP contribution in [-0.2, 0) is 4.79 Å². The minimum Gasteiger partial charge on any atom is -0.347 e. The molecule has 5 nitrogen and oxygen atoms in total. The average molecular weight is 535 g/mol. The lowest BCUT2D eigenvalue weighted by atomic mass is 9.98. The van der Waals surface area contributed by atoms with Crippen LogP contribution < -0.4 is 10.6 Å². The van der Waals surface area contributed by atoms with Gasteiger partial charge in [-0.3, -0.25) is 4.79 Å². The summed E-state index contributed by atoms with van der Waals surface area (Å²) in [5.74, 6) is -1.64. The molecule has 1 aromatic heterocycles. The normalized spacial score (nSPS) is 11.8. The van der Waals surface area contributed by atoms with Gasteiger partial charge in [-0.1, -0.05) is 55.9 Å². The van der Waals surface area contributed by atoms with Crippen LogP contribution in [0.25, 0.3) is 15.8 Å². The molecule has 3 aromatic carbocycles. The maximum atomic E-state index is 14.5. The second-order valence-electron chi connectivity index (χ2n) is 8.58. The zero-order chi connectivity index (χ0) is 26.5. The third kappa shape index (κ3) is 6.16. The molecule has 4 aromatic rings. The van der Waals surface area contributed by atoms with Crippen LogP contribution in [0.15, 0.2) is 65.7 Å². The number of carbonyl (C=O) groups is 1. The van der Waals surface area contributed by atoms with E-state index < -0.39 is 11.6 Å². The van der Waals surface area contributed by atoms with Gasteiger partial charge in [0.1, 0.15) is 28.3 Å². The molecule has 0 bridgehead atoms. The highest BCUT2D eigenvalue weighted by molar-refractivity contribution is 8.04. The Hall–Kier alpha value is -3.74. The number of hydrogen-bond donors (Lipinski definition) is 2. The standard InChI is InChI=1S/C28H24F2N4OS2/c1-16(2)19-8-6-7-17(3)26(19)34-25(35)15-36-27(32-22-12-11-18(29)13-21(22)30)20(14-31)28-33-23-9-4-5-10-24(23)37-28/h4-13,16,32H,15H2,1-3H3,(H,34,35). The summed E-state index contributed by atoms with van der Waals surface area (Å²) in [6.07, 6.45) is 0. The zero-order valence-electron chi connectivity index (χ0n) is 20.4. The predicted molar refractivity (Wildman–Crippen MR) is 148 cm³/mol. The second-order valence-corrected chi connectivity index (χ2v) is 10.6. The van der Waals surface area contributed by atoms with Crippen molar-refractivity contribution in [3.8, 4) is 6.07 Å². The number of nitrogens with one attached hydrogen (secondary N) is 2. The molecule has 0 saturated heterocycles. The van der Waals surface area contributed by atoms with Crippen molar-refractivity contribution in [2.45, 2.75) is 26.7 Å². The molecule has 0 fully saturated rings. The molecule has 37 heavy (non-hydrogen) atoms. The molecule has 0 spiro atoms. The van der Waals surface area contributed by atoms with Gasteiger partial charge in [0.25, 0.3) is 0 Å². The first-order valence-corrected chi connectivity index (χ1v) is 13.3. The molecule has 0 aliphatic carbocycles. The Morgan fingerprint density at radius 3 is 2.59 bits per heavy atom. The van der Waals surface area contributed by atoms with Crippen molar-refractivity contribution in [3.05, 3.63) is 93.5 Å². The maximum absolute atomic E-state index is 14.5. The Kier molecular flexibility index (Phi) is 8.21. The van der Waals surface area contributed by atoms with Crippen molar-refractivity contribution in [2.24, 2.45) is 0 Å². The highest BCUT2D eigenvalue weighted by atomic mass is 32.2. The summed E-state index contributed by atoms with van der Waals surface area (Å²) in [5, 5.41) is 16.6. The van der Waals surface area contributed by atoms with E-state index in [0.717, 1.165) is 50.9 Å². The minimum atomic E-state index is -0.814. The zero-order valence-corrected chi connectivity index (χ0v) is 22.1. The van der Waals surface area contributed by atoms with Gasteiger partial charge in [-0.2, -0.15) is 5.26 Å². The number of allylic oxidation sites excluding steroid dienone is 1. The summed E-state index contributed by atoms with van der Waals surface area (Å²) in [7, 11) is 0. The third-order valence-corrected chi connectivity index (χ3v) is 7.62. The molecular weight excluding hydrogens is 510 g/mol. The number of hydrogen-bond acceptors (Lipinski definition) is 6. The molecule has 2 N–H and O–H groups in total. The Morgan fingerprint density at radius 2 is 1.89 bits per heavy atom. The summed E-state index contributed by atoms with van der Waals surface area (Å²) in [6, 6.07) is 18.6. The van der Waals surface area contributed by atoms with E-state index in [4.69, 9.17) is 0 Å². The van der Waals surface area contributed by atoms with Gasteiger partial charge in [0.15, 0.2) is 0 Å². The number of aryl methyl sites for hydroxylation is 1. The monoisotopic (exact) mass is 534 g/mol. The lowest BCUT2D eigenvalue weighted by Crippen LogP contribution is -2.17. The molecule has 0 radical (unpaired) electrons. The van der Waals surface area contributed by atoms with Crippen molar-refractivity contribution in [1.82, 2.24) is 4.98 Å². The summed E-state index contributed by atoms with van der Waals surface area (Å²) < 4.78 is 28.9. The number of nitriles is 1. The van der Waals surface area contributed by atoms with Crippen LogP contribution in [-0.4, -0.2) is 16.6 Å². The number of halogens is 2. The van der Waals surface area contributed by atoms with Crippen molar-refractivity contribution in [2.75, 3.05) is 16.4 Å². The van der Waals surface area contributed by atoms with Crippen molar-refractivity contribution >= 4 is 56.2 Å². The lowest BCUT2D eigenvalue weighted by Gasteiger charge is -2.17. The van der Waals surface area contributed by atoms with Crippen LogP contribution in [0.2, 0.25) is 0 Å². The van der Waals surface area contributed by atoms with Gasteiger partial charge in [0, 0.05) is 11.8 Å². The lowest BCUT2D eigenvalue weighted by molar-refractivity contribution is -0.113. The van der Waals surface area contributed by atoms with E-state index in [9.17, 15) is 18.8 Å². The molecule has 0 unspecified atom stereocenters. The number of carbonyl (C=O) groups excluding carboxylic acids is 1. The molecule has 0 aliphatic heterocycles. The molecule has 0 saturated carbocycles. The summed E-state index contributed by atoms with van der Waals surface area (Å²) in [4.78, 5) is 17.5. The van der Waals surface area contributed by atoms with Crippen LogP contribution in [0.3, 0.4) is 0 Å². The fourth-order valence-electron chi connectivity index (χ4n) is 3.71. The van der Waals surface area contributed by atoms with Crippen LogP contribution in [0, 0.1) is 29.9 Å². The number of benzene rings is 3. The van der Waals surface area contributed by atoms with Crippen LogP contribution in [0.4, 0.5) is 20.2 Å². The number of aromatic nitrogens is 1. The molecule has 4 rings (SSSR count). The Balaban J connectivity index is 1.66. The second kappa shape index (κ2) is 11.5. The van der Waals surface area contributed by atoms with Gasteiger partial charge in [0.2, 0.25) is 5.91 Å². The number of para-hydroxylation sites is 2. The van der Waals surface area contributed by atoms with E-state index in [-0.39, 0.29) is 33.9 Å². The number of thioether (sulfide) groups is 1. The maximum Gasteiger partial charge on any atom is 0.234 e. The van der Waals surface area contributed by atoms with Crippen LogP contribution >= 0.6 is 23.1 Å². The molecule has 1 heterocycles. The van der Waals surface area contributed by atoms with E-state index in [1.54, 1.807) is 0 Å². The predicted octanol–water partition coefficient (Wildman–Crippen LogP) is 7.68. The topological polar surface area (TPSA) is 77.8 Å². The number of thiazole rings is 1. The Bertz CT molecular complexity index is 1510. The number of amides is 1. The smallest absolute Gasteiger partial charge is 0.234 e. The van der Waals surface area contributed by atoms with E-state index in [1.165, 1.54) is 17.4 Å². The van der Waals surface area contributed by atoms with Gasteiger partial charge >= 0.3 is 0 Å². The van der Waals surface area contributed by atoms with Crippen LogP contribution in [0.5, 0.6) is 0 Å². The van der Waals surface area contributed by atoms with E-state index >= 15 is 0 Å². The van der Waals surface area contributed by atoms with Gasteiger partial charge in [-0.05, 0) is 48.2 Å². The fourth-order valence-corrected chi connectivity index (χ4v) is 5.56. The first-order valence-electron chi connectivity index (χ1n) is 11.5. The van der Waals surface area contributed by atoms with E-state index in [1.807, 2.05) is 49.4 Å². The molecule has 0 atom stereocenters. The first-order chi connectivity index (χ1) is 17.8. The number of rotatable bonds is 8. The van der Waals surface area contributed by atoms with Crippen molar-refractivity contribution < 1.29 is 13.6 Å². The van der Waals surface area contributed by atoms with E-state index in [2.05, 4.69) is 35.5 Å². The SMILES string of the molecule is Cc1cccc(C(C)C)c1NC(=O)CSC(Nc1ccc(F)cc1F)=C(C#N)c1nc2ccccc2s1. The molecule has 0 aliphatic rings. The van der Waals surface area contributed by atoms with Crippen LogP contribution in [0.1, 0.15) is 35.9 Å². The molecule has 1 amide bonds. The Morgan fingerprint density at radius 1 is 1.11 bits per heavy atom. The molecular formula is C28H24F2N4OS2. The van der Waals surface area contributed by atoms with Crippen molar-refractivity contribution in [3.63, 3.8) is 0 Å². The number of anilines is 2.